The first kappa shape index (κ1) is 32.3. The first-order chi connectivity index (χ1) is 20.2. The number of hydrogen-bond donors (Lipinski definition) is 1. The predicted molar refractivity (Wildman–Crippen MR) is 165 cm³/mol. The van der Waals surface area contributed by atoms with Gasteiger partial charge in [0.2, 0.25) is 0 Å². The van der Waals surface area contributed by atoms with Crippen LogP contribution < -0.4 is 19.1 Å². The normalized spacial score (nSPS) is 15.8. The third kappa shape index (κ3) is 7.68. The second-order valence-electron chi connectivity index (χ2n) is 12.4. The minimum atomic E-state index is -1.56. The van der Waals surface area contributed by atoms with E-state index in [0.717, 1.165) is 5.56 Å². The van der Waals surface area contributed by atoms with Gasteiger partial charge in [-0.1, -0.05) is 48.5 Å². The number of para-hydroxylation sites is 1. The van der Waals surface area contributed by atoms with E-state index in [1.807, 2.05) is 51.1 Å². The van der Waals surface area contributed by atoms with Gasteiger partial charge in [0.25, 0.3) is 0 Å². The van der Waals surface area contributed by atoms with Crippen LogP contribution in [-0.4, -0.2) is 33.5 Å². The maximum absolute atomic E-state index is 16.6. The second kappa shape index (κ2) is 13.0. The second-order valence-corrected chi connectivity index (χ2v) is 14.4. The van der Waals surface area contributed by atoms with Crippen molar-refractivity contribution in [1.82, 2.24) is 4.72 Å². The summed E-state index contributed by atoms with van der Waals surface area (Å²) in [5.74, 6) is -1.31. The van der Waals surface area contributed by atoms with Crippen molar-refractivity contribution in [1.29, 1.82) is 0 Å². The summed E-state index contributed by atoms with van der Waals surface area (Å²) in [7, 11) is 0. The van der Waals surface area contributed by atoms with Crippen molar-refractivity contribution in [3.8, 4) is 11.5 Å². The summed E-state index contributed by atoms with van der Waals surface area (Å²) in [6, 6.07) is 17.0. The highest BCUT2D eigenvalue weighted by Gasteiger charge is 2.43. The van der Waals surface area contributed by atoms with Crippen LogP contribution in [0.25, 0.3) is 0 Å². The molecule has 230 valence electrons. The number of carbonyl (C=O) groups excluding carboxylic acids is 2. The quantitative estimate of drug-likeness (QED) is 0.172. The van der Waals surface area contributed by atoms with E-state index in [2.05, 4.69) is 4.72 Å². The third-order valence-corrected chi connectivity index (χ3v) is 8.31. The molecule has 43 heavy (non-hydrogen) atoms. The van der Waals surface area contributed by atoms with Gasteiger partial charge in [-0.15, -0.1) is 4.72 Å². The topological polar surface area (TPSA) is 100 Å². The number of carbonyl (C=O) groups is 2. The highest BCUT2D eigenvalue weighted by atomic mass is 32.2. The Morgan fingerprint density at radius 3 is 2.21 bits per heavy atom. The van der Waals surface area contributed by atoms with Crippen LogP contribution in [0.4, 0.5) is 14.9 Å². The molecule has 0 aromatic heterocycles. The highest BCUT2D eigenvalue weighted by molar-refractivity contribution is 7.90. The number of anilines is 1. The van der Waals surface area contributed by atoms with Gasteiger partial charge < -0.3 is 18.8 Å². The number of esters is 1. The fraction of sp³-hybridized carbons (Fsp3) is 0.394. The number of nitrogens with zero attached hydrogens (tertiary/aromatic N) is 1. The molecule has 0 spiro atoms. The minimum Gasteiger partial charge on any atom is -0.598 e. The van der Waals surface area contributed by atoms with Gasteiger partial charge in [-0.3, -0.25) is 4.90 Å². The average molecular weight is 611 g/mol. The van der Waals surface area contributed by atoms with Crippen molar-refractivity contribution in [2.45, 2.75) is 77.9 Å². The largest absolute Gasteiger partial charge is 0.598 e. The van der Waals surface area contributed by atoms with Crippen LogP contribution in [0.15, 0.2) is 60.7 Å². The van der Waals surface area contributed by atoms with Crippen LogP contribution in [-0.2, 0) is 22.7 Å². The molecule has 0 aliphatic carbocycles. The first-order valence-electron chi connectivity index (χ1n) is 14.2. The molecule has 8 nitrogen and oxygen atoms in total. The fourth-order valence-corrected chi connectivity index (χ4v) is 5.46. The maximum atomic E-state index is 16.6. The Kier molecular flexibility index (Phi) is 9.73. The Hall–Kier alpha value is -3.60. The van der Waals surface area contributed by atoms with Crippen molar-refractivity contribution in [2.24, 2.45) is 0 Å². The summed E-state index contributed by atoms with van der Waals surface area (Å²) >= 11 is -1.56. The van der Waals surface area contributed by atoms with E-state index < -0.39 is 45.6 Å². The molecule has 0 saturated carbocycles. The molecule has 0 fully saturated rings. The van der Waals surface area contributed by atoms with E-state index in [0.29, 0.717) is 0 Å². The van der Waals surface area contributed by atoms with Crippen molar-refractivity contribution in [3.05, 3.63) is 88.7 Å². The summed E-state index contributed by atoms with van der Waals surface area (Å²) < 4.78 is 49.9. The smallest absolute Gasteiger partial charge is 0.414 e. The Morgan fingerprint density at radius 2 is 1.63 bits per heavy atom. The maximum Gasteiger partial charge on any atom is 0.414 e. The predicted octanol–water partition coefficient (Wildman–Crippen LogP) is 7.17. The lowest BCUT2D eigenvalue weighted by Crippen LogP contribution is -2.47. The number of amides is 1. The number of rotatable bonds is 7. The SMILES string of the molecule is Cc1c(F)c2c(c(OCc3ccccc3)c1C(=O)Oc1ccccc1)N(C(=O)OC(C)(C)C)CCC2N[S@+]([O-])C(C)(C)C. The van der Waals surface area contributed by atoms with Gasteiger partial charge >= 0.3 is 12.1 Å². The van der Waals surface area contributed by atoms with Crippen molar-refractivity contribution < 1.29 is 32.7 Å². The number of fused-ring (bicyclic) bond motifs is 1. The Labute approximate surface area is 255 Å². The molecule has 4 rings (SSSR count). The summed E-state index contributed by atoms with van der Waals surface area (Å²) in [6.45, 7) is 12.2. The minimum absolute atomic E-state index is 0.0119. The highest BCUT2D eigenvalue weighted by Crippen LogP contribution is 2.48. The van der Waals surface area contributed by atoms with E-state index >= 15 is 4.39 Å². The van der Waals surface area contributed by atoms with Crippen LogP contribution >= 0.6 is 0 Å². The fourth-order valence-electron chi connectivity index (χ4n) is 4.61. The molecule has 1 unspecified atom stereocenters. The van der Waals surface area contributed by atoms with Gasteiger partial charge in [-0.05, 0) is 72.6 Å². The van der Waals surface area contributed by atoms with Crippen LogP contribution in [0.1, 0.15) is 81.1 Å². The van der Waals surface area contributed by atoms with Gasteiger partial charge in [0, 0.05) is 29.0 Å². The molecule has 1 aliphatic heterocycles. The van der Waals surface area contributed by atoms with Gasteiger partial charge in [-0.25, -0.2) is 14.0 Å². The van der Waals surface area contributed by atoms with Crippen molar-refractivity contribution in [3.63, 3.8) is 0 Å². The van der Waals surface area contributed by atoms with Crippen molar-refractivity contribution in [2.75, 3.05) is 11.4 Å². The van der Waals surface area contributed by atoms with Crippen molar-refractivity contribution >= 4 is 29.1 Å². The van der Waals surface area contributed by atoms with Gasteiger partial charge in [0.1, 0.15) is 34.1 Å². The zero-order valence-electron chi connectivity index (χ0n) is 25.7. The standard InChI is InChI=1S/C33H39FN2O6S/c1-21-25(30(37)41-23-16-12-9-13-17-23)29(40-20-22-14-10-8-11-15-22)28-26(27(21)34)24(35-43(39)33(5,6)7)18-19-36(28)31(38)42-32(2,3)4/h8-17,24,35H,18-20H2,1-7H3/t24?,43-/m1/s1. The summed E-state index contributed by atoms with van der Waals surface area (Å²) in [6.07, 6.45) is -0.476. The first-order valence-corrected chi connectivity index (χ1v) is 15.3. The van der Waals surface area contributed by atoms with Gasteiger partial charge in [-0.2, -0.15) is 0 Å². The van der Waals surface area contributed by atoms with E-state index in [4.69, 9.17) is 14.2 Å². The summed E-state index contributed by atoms with van der Waals surface area (Å²) in [5, 5.41) is 0. The number of benzene rings is 3. The molecular formula is C33H39FN2O6S. The molecule has 1 amide bonds. The Bertz CT molecular complexity index is 1450. The zero-order valence-corrected chi connectivity index (χ0v) is 26.5. The molecular weight excluding hydrogens is 571 g/mol. The van der Waals surface area contributed by atoms with E-state index in [1.165, 1.54) is 11.8 Å². The number of nitrogens with one attached hydrogen (secondary N) is 1. The molecule has 1 N–H and O–H groups in total. The lowest BCUT2D eigenvalue weighted by atomic mass is 9.90. The van der Waals surface area contributed by atoms with E-state index in [9.17, 15) is 14.1 Å². The molecule has 0 radical (unpaired) electrons. The van der Waals surface area contributed by atoms with E-state index in [-0.39, 0.29) is 53.4 Å². The third-order valence-electron chi connectivity index (χ3n) is 6.70. The molecule has 3 aromatic rings. The lowest BCUT2D eigenvalue weighted by molar-refractivity contribution is 0.0572. The Balaban J connectivity index is 1.94. The van der Waals surface area contributed by atoms with Crippen LogP contribution in [0, 0.1) is 12.7 Å². The number of halogens is 1. The monoisotopic (exact) mass is 610 g/mol. The molecule has 1 heterocycles. The van der Waals surface area contributed by atoms with Gasteiger partial charge in [0.15, 0.2) is 5.75 Å². The molecule has 3 aromatic carbocycles. The van der Waals surface area contributed by atoms with E-state index in [1.54, 1.807) is 51.1 Å². The van der Waals surface area contributed by atoms with Crippen LogP contribution in [0.3, 0.4) is 0 Å². The number of hydrogen-bond acceptors (Lipinski definition) is 7. The molecule has 1 aliphatic rings. The molecule has 2 atom stereocenters. The van der Waals surface area contributed by atoms with Gasteiger partial charge in [0.05, 0.1) is 11.7 Å². The number of ether oxygens (including phenoxy) is 3. The molecule has 0 bridgehead atoms. The van der Waals surface area contributed by atoms with Crippen LogP contribution in [0.2, 0.25) is 0 Å². The molecule has 0 saturated heterocycles. The molecule has 10 heteroatoms. The average Bonchev–Trinajstić information content (AvgIpc) is 2.93. The Morgan fingerprint density at radius 1 is 1.02 bits per heavy atom. The summed E-state index contributed by atoms with van der Waals surface area (Å²) in [4.78, 5) is 28.6. The van der Waals surface area contributed by atoms with Crippen LogP contribution in [0.5, 0.6) is 11.5 Å². The summed E-state index contributed by atoms with van der Waals surface area (Å²) in [5.41, 5.74) is -0.0915. The zero-order chi connectivity index (χ0) is 31.5. The lowest BCUT2D eigenvalue weighted by Gasteiger charge is -2.38.